The van der Waals surface area contributed by atoms with Gasteiger partial charge in [0.2, 0.25) is 5.91 Å². The Balaban J connectivity index is 2.81. The van der Waals surface area contributed by atoms with E-state index in [9.17, 15) is 18.0 Å². The number of pyridine rings is 1. The van der Waals surface area contributed by atoms with E-state index in [0.29, 0.717) is 6.20 Å². The maximum atomic E-state index is 12.5. The number of alkyl halides is 3. The van der Waals surface area contributed by atoms with Crippen molar-refractivity contribution in [3.05, 3.63) is 22.8 Å². The fourth-order valence-corrected chi connectivity index (χ4v) is 1.60. The molecule has 4 nitrogen and oxygen atoms in total. The van der Waals surface area contributed by atoms with Gasteiger partial charge < -0.3 is 10.6 Å². The third-order valence-electron chi connectivity index (χ3n) is 2.35. The van der Waals surface area contributed by atoms with E-state index < -0.39 is 17.8 Å². The van der Waals surface area contributed by atoms with Gasteiger partial charge >= 0.3 is 6.18 Å². The number of anilines is 1. The Hall–Kier alpha value is -1.50. The molecule has 1 rings (SSSR count). The minimum absolute atomic E-state index is 0.0334. The van der Waals surface area contributed by atoms with Crippen LogP contribution in [0.2, 0.25) is 5.02 Å². The number of hydrogen-bond donors (Lipinski definition) is 2. The molecule has 0 radical (unpaired) electrons. The highest BCUT2D eigenvalue weighted by atomic mass is 35.5. The first-order chi connectivity index (χ1) is 9.11. The molecule has 0 aromatic carbocycles. The van der Waals surface area contributed by atoms with Gasteiger partial charge in [-0.2, -0.15) is 13.2 Å². The Bertz CT molecular complexity index is 491. The second-order valence-electron chi connectivity index (χ2n) is 4.58. The lowest BCUT2D eigenvalue weighted by molar-refractivity contribution is -0.137. The van der Waals surface area contributed by atoms with Gasteiger partial charge in [-0.15, -0.1) is 0 Å². The lowest BCUT2D eigenvalue weighted by Crippen LogP contribution is -2.41. The molecule has 1 unspecified atom stereocenters. The van der Waals surface area contributed by atoms with E-state index in [1.54, 1.807) is 20.8 Å². The molecule has 0 bridgehead atoms. The van der Waals surface area contributed by atoms with Gasteiger partial charge in [0.1, 0.15) is 11.9 Å². The third-order valence-corrected chi connectivity index (χ3v) is 2.63. The Labute approximate surface area is 119 Å². The van der Waals surface area contributed by atoms with E-state index in [-0.39, 0.29) is 22.8 Å². The molecule has 0 spiro atoms. The zero-order chi connectivity index (χ0) is 15.5. The van der Waals surface area contributed by atoms with Gasteiger partial charge in [0.05, 0.1) is 10.6 Å². The van der Waals surface area contributed by atoms with E-state index in [1.165, 1.54) is 0 Å². The third kappa shape index (κ3) is 4.56. The first-order valence-corrected chi connectivity index (χ1v) is 6.28. The second-order valence-corrected chi connectivity index (χ2v) is 4.99. The van der Waals surface area contributed by atoms with Crippen LogP contribution < -0.4 is 10.6 Å². The van der Waals surface area contributed by atoms with Crippen LogP contribution in [0.15, 0.2) is 12.3 Å². The molecule has 0 aliphatic carbocycles. The van der Waals surface area contributed by atoms with Crippen molar-refractivity contribution < 1.29 is 18.0 Å². The molecule has 1 aromatic heterocycles. The van der Waals surface area contributed by atoms with Crippen molar-refractivity contribution in [1.29, 1.82) is 0 Å². The number of rotatable bonds is 4. The molecule has 1 amide bonds. The van der Waals surface area contributed by atoms with Crippen LogP contribution in [0, 0.1) is 0 Å². The molecule has 1 atom stereocenters. The average Bonchev–Trinajstić information content (AvgIpc) is 2.29. The summed E-state index contributed by atoms with van der Waals surface area (Å²) in [4.78, 5) is 15.3. The predicted molar refractivity (Wildman–Crippen MR) is 70.6 cm³/mol. The lowest BCUT2D eigenvalue weighted by atomic mass is 10.2. The Morgan fingerprint density at radius 1 is 1.35 bits per heavy atom. The van der Waals surface area contributed by atoms with Crippen molar-refractivity contribution in [3.8, 4) is 0 Å². The van der Waals surface area contributed by atoms with Crippen LogP contribution in [0.4, 0.5) is 19.0 Å². The van der Waals surface area contributed by atoms with Gasteiger partial charge in [-0.05, 0) is 26.8 Å². The average molecular weight is 310 g/mol. The van der Waals surface area contributed by atoms with Gasteiger partial charge in [-0.3, -0.25) is 4.79 Å². The molecule has 20 heavy (non-hydrogen) atoms. The van der Waals surface area contributed by atoms with Crippen LogP contribution >= 0.6 is 11.6 Å². The molecule has 1 heterocycles. The normalized spacial score (nSPS) is 13.2. The largest absolute Gasteiger partial charge is 0.417 e. The van der Waals surface area contributed by atoms with Gasteiger partial charge in [0.25, 0.3) is 0 Å². The summed E-state index contributed by atoms with van der Waals surface area (Å²) in [5.41, 5.74) is -0.938. The van der Waals surface area contributed by atoms with Crippen LogP contribution in [-0.4, -0.2) is 23.0 Å². The van der Waals surface area contributed by atoms with Crippen LogP contribution in [0.5, 0.6) is 0 Å². The zero-order valence-corrected chi connectivity index (χ0v) is 11.9. The maximum absolute atomic E-state index is 12.5. The molecule has 1 aromatic rings. The highest BCUT2D eigenvalue weighted by Gasteiger charge is 2.31. The number of amides is 1. The van der Waals surface area contributed by atoms with Crippen LogP contribution in [0.1, 0.15) is 26.3 Å². The summed E-state index contributed by atoms with van der Waals surface area (Å²) in [6.07, 6.45) is -3.84. The SMILES string of the molecule is CC(C)NC(=O)C(C)Nc1ncc(C(F)(F)F)cc1Cl. The highest BCUT2D eigenvalue weighted by Crippen LogP contribution is 2.32. The van der Waals surface area contributed by atoms with E-state index in [2.05, 4.69) is 15.6 Å². The molecule has 0 aliphatic heterocycles. The fourth-order valence-electron chi connectivity index (χ4n) is 1.38. The Kier molecular flexibility index (Phi) is 5.21. The number of carbonyl (C=O) groups excluding carboxylic acids is 1. The molecule has 2 N–H and O–H groups in total. The van der Waals surface area contributed by atoms with Crippen molar-refractivity contribution in [2.45, 2.75) is 39.0 Å². The number of hydrogen-bond acceptors (Lipinski definition) is 3. The first kappa shape index (κ1) is 16.6. The topological polar surface area (TPSA) is 54.0 Å². The summed E-state index contributed by atoms with van der Waals surface area (Å²) in [6.45, 7) is 5.16. The quantitative estimate of drug-likeness (QED) is 0.898. The van der Waals surface area contributed by atoms with Gasteiger partial charge in [0, 0.05) is 12.2 Å². The summed E-state index contributed by atoms with van der Waals surface area (Å²) in [6, 6.07) is 0.0613. The van der Waals surface area contributed by atoms with Crippen molar-refractivity contribution in [2.24, 2.45) is 0 Å². The van der Waals surface area contributed by atoms with Crippen molar-refractivity contribution in [1.82, 2.24) is 10.3 Å². The number of nitrogens with zero attached hydrogens (tertiary/aromatic N) is 1. The Morgan fingerprint density at radius 3 is 2.40 bits per heavy atom. The molecule has 0 fully saturated rings. The summed E-state index contributed by atoms with van der Waals surface area (Å²) < 4.78 is 37.4. The fraction of sp³-hybridized carbons (Fsp3) is 0.500. The molecular weight excluding hydrogens is 295 g/mol. The number of halogens is 4. The highest BCUT2D eigenvalue weighted by molar-refractivity contribution is 6.33. The smallest absolute Gasteiger partial charge is 0.357 e. The summed E-state index contributed by atoms with van der Waals surface area (Å²) >= 11 is 5.73. The molecule has 0 aliphatic rings. The molecular formula is C12H15ClF3N3O. The standard InChI is InChI=1S/C12H15ClF3N3O/c1-6(2)18-11(20)7(3)19-10-9(13)4-8(5-17-10)12(14,15)16/h4-7H,1-3H3,(H,17,19)(H,18,20). The second kappa shape index (κ2) is 6.30. The maximum Gasteiger partial charge on any atom is 0.417 e. The van der Waals surface area contributed by atoms with Crippen molar-refractivity contribution in [2.75, 3.05) is 5.32 Å². The predicted octanol–water partition coefficient (Wildman–Crippen LogP) is 3.08. The number of nitrogens with one attached hydrogen (secondary N) is 2. The molecule has 112 valence electrons. The van der Waals surface area contributed by atoms with Gasteiger partial charge in [0.15, 0.2) is 0 Å². The summed E-state index contributed by atoms with van der Waals surface area (Å²) in [7, 11) is 0. The zero-order valence-electron chi connectivity index (χ0n) is 11.2. The van der Waals surface area contributed by atoms with Crippen LogP contribution in [-0.2, 0) is 11.0 Å². The minimum Gasteiger partial charge on any atom is -0.357 e. The first-order valence-electron chi connectivity index (χ1n) is 5.91. The lowest BCUT2D eigenvalue weighted by Gasteiger charge is -2.17. The molecule has 0 saturated heterocycles. The molecule has 0 saturated carbocycles. The van der Waals surface area contributed by atoms with Gasteiger partial charge in [-0.1, -0.05) is 11.6 Å². The Morgan fingerprint density at radius 2 is 1.95 bits per heavy atom. The van der Waals surface area contributed by atoms with E-state index in [1.807, 2.05) is 0 Å². The number of carbonyl (C=O) groups is 1. The minimum atomic E-state index is -4.50. The van der Waals surface area contributed by atoms with Crippen molar-refractivity contribution in [3.63, 3.8) is 0 Å². The summed E-state index contributed by atoms with van der Waals surface area (Å²) in [5, 5.41) is 5.15. The summed E-state index contributed by atoms with van der Waals surface area (Å²) in [5.74, 6) is -0.260. The van der Waals surface area contributed by atoms with Gasteiger partial charge in [-0.25, -0.2) is 4.98 Å². The number of aromatic nitrogens is 1. The van der Waals surface area contributed by atoms with E-state index in [4.69, 9.17) is 11.6 Å². The van der Waals surface area contributed by atoms with E-state index in [0.717, 1.165) is 6.07 Å². The monoisotopic (exact) mass is 309 g/mol. The van der Waals surface area contributed by atoms with E-state index >= 15 is 0 Å². The van der Waals surface area contributed by atoms with Crippen molar-refractivity contribution >= 4 is 23.3 Å². The van der Waals surface area contributed by atoms with Crippen LogP contribution in [0.25, 0.3) is 0 Å². The van der Waals surface area contributed by atoms with Crippen LogP contribution in [0.3, 0.4) is 0 Å². The molecule has 8 heteroatoms.